The smallest absolute Gasteiger partial charge is 0.348 e. The normalized spacial score (nSPS) is 11.9. The summed E-state index contributed by atoms with van der Waals surface area (Å²) in [5, 5.41) is 7.80. The Morgan fingerprint density at radius 3 is 2.26 bits per heavy atom. The number of pyridine rings is 1. The highest BCUT2D eigenvalue weighted by atomic mass is 35.5. The van der Waals surface area contributed by atoms with Gasteiger partial charge in [0.2, 0.25) is 10.0 Å². The van der Waals surface area contributed by atoms with E-state index in [1.165, 1.54) is 48.7 Å². The minimum absolute atomic E-state index is 0.0310. The van der Waals surface area contributed by atoms with Crippen LogP contribution in [0.15, 0.2) is 65.7 Å². The second kappa shape index (κ2) is 8.66. The number of nitrogens with zero attached hydrogens (tertiary/aromatic N) is 1. The van der Waals surface area contributed by atoms with Crippen LogP contribution in [-0.2, 0) is 22.7 Å². The Hall–Kier alpha value is -2.95. The molecule has 3 aromatic rings. The summed E-state index contributed by atoms with van der Waals surface area (Å²) in [6.07, 6.45) is -3.12. The maximum absolute atomic E-state index is 12.7. The largest absolute Gasteiger partial charge is 0.416 e. The molecule has 1 heterocycles. The van der Waals surface area contributed by atoms with Crippen molar-refractivity contribution in [1.82, 2.24) is 10.3 Å². The summed E-state index contributed by atoms with van der Waals surface area (Å²) >= 11 is 6.04. The van der Waals surface area contributed by atoms with Gasteiger partial charge in [-0.2, -0.15) is 13.2 Å². The first kappa shape index (κ1) is 22.7. The lowest BCUT2D eigenvalue weighted by Crippen LogP contribution is -2.23. The van der Waals surface area contributed by atoms with Crippen molar-refractivity contribution >= 4 is 27.5 Å². The molecule has 0 aliphatic carbocycles. The van der Waals surface area contributed by atoms with Gasteiger partial charge in [-0.15, -0.1) is 0 Å². The number of hydrogen-bond acceptors (Lipinski definition) is 4. The Bertz CT molecular complexity index is 1210. The number of hydrogen-bond donors (Lipinski definition) is 2. The molecule has 162 valence electrons. The Balaban J connectivity index is 1.67. The number of sulfonamides is 1. The SMILES string of the molecule is NS(=O)(=O)c1ccc(CNC(=O)c2ccc(-c3ccc(C(F)(F)F)cc3)nc2)c(Cl)c1. The van der Waals surface area contributed by atoms with Gasteiger partial charge in [0.25, 0.3) is 5.91 Å². The lowest BCUT2D eigenvalue weighted by atomic mass is 10.1. The third kappa shape index (κ3) is 5.60. The van der Waals surface area contributed by atoms with Gasteiger partial charge < -0.3 is 5.32 Å². The van der Waals surface area contributed by atoms with Gasteiger partial charge in [-0.25, -0.2) is 13.6 Å². The maximum Gasteiger partial charge on any atom is 0.416 e. The fourth-order valence-corrected chi connectivity index (χ4v) is 3.51. The summed E-state index contributed by atoms with van der Waals surface area (Å²) in [6, 6.07) is 11.4. The van der Waals surface area contributed by atoms with Gasteiger partial charge in [0.1, 0.15) is 0 Å². The topological polar surface area (TPSA) is 102 Å². The first-order chi connectivity index (χ1) is 14.4. The van der Waals surface area contributed by atoms with Crippen LogP contribution in [0.5, 0.6) is 0 Å². The van der Waals surface area contributed by atoms with Crippen LogP contribution in [0.2, 0.25) is 5.02 Å². The van der Waals surface area contributed by atoms with Gasteiger partial charge in [-0.1, -0.05) is 29.8 Å². The second-order valence-corrected chi connectivity index (χ2v) is 8.46. The number of amides is 1. The fraction of sp³-hybridized carbons (Fsp3) is 0.100. The van der Waals surface area contributed by atoms with Gasteiger partial charge in [-0.05, 0) is 42.0 Å². The molecular weight excluding hydrogens is 455 g/mol. The summed E-state index contributed by atoms with van der Waals surface area (Å²) < 4.78 is 60.6. The summed E-state index contributed by atoms with van der Waals surface area (Å²) in [6.45, 7) is 0.0310. The quantitative estimate of drug-likeness (QED) is 0.589. The molecule has 0 atom stereocenters. The van der Waals surface area contributed by atoms with Crippen LogP contribution in [0.25, 0.3) is 11.3 Å². The molecule has 0 aliphatic heterocycles. The van der Waals surface area contributed by atoms with Crippen LogP contribution >= 0.6 is 11.6 Å². The molecule has 0 unspecified atom stereocenters. The summed E-state index contributed by atoms with van der Waals surface area (Å²) in [4.78, 5) is 16.3. The molecule has 11 heteroatoms. The van der Waals surface area contributed by atoms with E-state index in [1.807, 2.05) is 0 Å². The molecule has 0 spiro atoms. The van der Waals surface area contributed by atoms with E-state index in [0.717, 1.165) is 12.1 Å². The van der Waals surface area contributed by atoms with E-state index < -0.39 is 27.7 Å². The zero-order valence-electron chi connectivity index (χ0n) is 15.7. The van der Waals surface area contributed by atoms with Crippen molar-refractivity contribution in [3.05, 3.63) is 82.5 Å². The standard InChI is InChI=1S/C20H15ClF3N3O3S/c21-17-9-16(31(25,29)30)7-3-13(17)10-27-19(28)14-4-8-18(26-11-14)12-1-5-15(6-2-12)20(22,23)24/h1-9,11H,10H2,(H,27,28)(H2,25,29,30). The van der Waals surface area contributed by atoms with Gasteiger partial charge >= 0.3 is 6.18 Å². The molecule has 1 aromatic heterocycles. The van der Waals surface area contributed by atoms with Crippen molar-refractivity contribution in [1.29, 1.82) is 0 Å². The van der Waals surface area contributed by atoms with E-state index in [2.05, 4.69) is 10.3 Å². The molecule has 31 heavy (non-hydrogen) atoms. The molecule has 2 aromatic carbocycles. The van der Waals surface area contributed by atoms with E-state index in [1.54, 1.807) is 0 Å². The number of nitrogens with two attached hydrogens (primary N) is 1. The number of carbonyl (C=O) groups is 1. The third-order valence-corrected chi connectivity index (χ3v) is 5.59. The molecule has 0 aliphatic rings. The van der Waals surface area contributed by atoms with E-state index in [9.17, 15) is 26.4 Å². The average Bonchev–Trinajstić information content (AvgIpc) is 2.71. The van der Waals surface area contributed by atoms with E-state index in [-0.39, 0.29) is 22.0 Å². The maximum atomic E-state index is 12.7. The van der Waals surface area contributed by atoms with E-state index in [4.69, 9.17) is 16.7 Å². The van der Waals surface area contributed by atoms with Crippen molar-refractivity contribution < 1.29 is 26.4 Å². The van der Waals surface area contributed by atoms with Crippen molar-refractivity contribution in [3.8, 4) is 11.3 Å². The van der Waals surface area contributed by atoms with Crippen LogP contribution in [0.4, 0.5) is 13.2 Å². The molecule has 3 rings (SSSR count). The first-order valence-electron chi connectivity index (χ1n) is 8.68. The molecular formula is C20H15ClF3N3O3S. The zero-order chi connectivity index (χ0) is 22.8. The molecule has 0 radical (unpaired) electrons. The minimum Gasteiger partial charge on any atom is -0.348 e. The predicted molar refractivity (Wildman–Crippen MR) is 109 cm³/mol. The van der Waals surface area contributed by atoms with E-state index >= 15 is 0 Å². The van der Waals surface area contributed by atoms with Crippen LogP contribution in [0.3, 0.4) is 0 Å². The third-order valence-electron chi connectivity index (χ3n) is 4.33. The van der Waals surface area contributed by atoms with Crippen molar-refractivity contribution in [2.75, 3.05) is 0 Å². The lowest BCUT2D eigenvalue weighted by Gasteiger charge is -2.09. The molecule has 3 N–H and O–H groups in total. The van der Waals surface area contributed by atoms with Crippen molar-refractivity contribution in [2.24, 2.45) is 5.14 Å². The number of rotatable bonds is 5. The fourth-order valence-electron chi connectivity index (χ4n) is 2.65. The minimum atomic E-state index is -4.42. The van der Waals surface area contributed by atoms with Gasteiger partial charge in [-0.3, -0.25) is 9.78 Å². The number of primary sulfonamides is 1. The van der Waals surface area contributed by atoms with Crippen LogP contribution in [0.1, 0.15) is 21.5 Å². The molecule has 1 amide bonds. The molecule has 0 saturated heterocycles. The Labute approximate surface area is 180 Å². The molecule has 0 bridgehead atoms. The van der Waals surface area contributed by atoms with Gasteiger partial charge in [0.05, 0.1) is 21.7 Å². The summed E-state index contributed by atoms with van der Waals surface area (Å²) in [5.74, 6) is -0.460. The highest BCUT2D eigenvalue weighted by Crippen LogP contribution is 2.30. The molecule has 0 fully saturated rings. The Kier molecular flexibility index (Phi) is 6.35. The second-order valence-electron chi connectivity index (χ2n) is 6.49. The molecule has 6 nitrogen and oxygen atoms in total. The predicted octanol–water partition coefficient (Wildman–Crippen LogP) is 4.00. The lowest BCUT2D eigenvalue weighted by molar-refractivity contribution is -0.137. The first-order valence-corrected chi connectivity index (χ1v) is 10.6. The van der Waals surface area contributed by atoms with Crippen molar-refractivity contribution in [2.45, 2.75) is 17.6 Å². The molecule has 0 saturated carbocycles. The van der Waals surface area contributed by atoms with Crippen LogP contribution in [-0.4, -0.2) is 19.3 Å². The number of halogens is 4. The number of nitrogens with one attached hydrogen (secondary N) is 1. The van der Waals surface area contributed by atoms with Gasteiger partial charge in [0.15, 0.2) is 0 Å². The highest BCUT2D eigenvalue weighted by Gasteiger charge is 2.30. The van der Waals surface area contributed by atoms with E-state index in [0.29, 0.717) is 16.8 Å². The average molecular weight is 470 g/mol. The monoisotopic (exact) mass is 469 g/mol. The summed E-state index contributed by atoms with van der Waals surface area (Å²) in [5.41, 5.74) is 0.835. The number of benzene rings is 2. The van der Waals surface area contributed by atoms with Crippen LogP contribution < -0.4 is 10.5 Å². The Morgan fingerprint density at radius 1 is 1.06 bits per heavy atom. The Morgan fingerprint density at radius 2 is 1.74 bits per heavy atom. The number of carbonyl (C=O) groups excluding carboxylic acids is 1. The van der Waals surface area contributed by atoms with Gasteiger partial charge in [0, 0.05) is 23.3 Å². The number of aromatic nitrogens is 1. The number of alkyl halides is 3. The van der Waals surface area contributed by atoms with Crippen molar-refractivity contribution in [3.63, 3.8) is 0 Å². The highest BCUT2D eigenvalue weighted by molar-refractivity contribution is 7.89. The van der Waals surface area contributed by atoms with Crippen LogP contribution in [0, 0.1) is 0 Å². The zero-order valence-corrected chi connectivity index (χ0v) is 17.2. The summed E-state index contributed by atoms with van der Waals surface area (Å²) in [7, 11) is -3.89.